The number of halogens is 1. The van der Waals surface area contributed by atoms with Crippen molar-refractivity contribution in [2.45, 2.75) is 31.7 Å². The average Bonchev–Trinajstić information content (AvgIpc) is 3.07. The second-order valence-electron chi connectivity index (χ2n) is 5.94. The number of likely N-dealkylation sites (tertiary alicyclic amines) is 1. The summed E-state index contributed by atoms with van der Waals surface area (Å²) in [6.45, 7) is 0.679. The van der Waals surface area contributed by atoms with Crippen molar-refractivity contribution in [1.29, 1.82) is 0 Å². The third-order valence-electron chi connectivity index (χ3n) is 4.33. The molecule has 6 nitrogen and oxygen atoms in total. The Morgan fingerprint density at radius 3 is 2.83 bits per heavy atom. The number of aromatic amines is 1. The fourth-order valence-corrected chi connectivity index (χ4v) is 3.30. The van der Waals surface area contributed by atoms with Gasteiger partial charge >= 0.3 is 0 Å². The van der Waals surface area contributed by atoms with Gasteiger partial charge in [0.15, 0.2) is 0 Å². The molecular weight excluding hydrogens is 328 g/mol. The molecule has 2 amide bonds. The second-order valence-corrected chi connectivity index (χ2v) is 6.35. The molecule has 1 aliphatic heterocycles. The number of rotatable bonds is 4. The molecule has 3 N–H and O–H groups in total. The number of hydrogen-bond acceptors (Lipinski definition) is 3. The number of nitrogens with one attached hydrogen (secondary N) is 1. The van der Waals surface area contributed by atoms with E-state index in [0.717, 1.165) is 30.5 Å². The Balaban J connectivity index is 1.79. The van der Waals surface area contributed by atoms with Crippen LogP contribution in [0.1, 0.15) is 47.1 Å². The number of carbonyl (C=O) groups excluding carboxylic acids is 2. The number of benzene rings is 1. The first-order valence-electron chi connectivity index (χ1n) is 7.94. The lowest BCUT2D eigenvalue weighted by Gasteiger charge is -2.35. The maximum Gasteiger partial charge on any atom is 0.269 e. The van der Waals surface area contributed by atoms with Gasteiger partial charge in [-0.15, -0.1) is 0 Å². The van der Waals surface area contributed by atoms with Crippen molar-refractivity contribution in [2.75, 3.05) is 6.54 Å². The van der Waals surface area contributed by atoms with Crippen molar-refractivity contribution in [2.24, 2.45) is 5.73 Å². The molecule has 2 heterocycles. The van der Waals surface area contributed by atoms with Crippen LogP contribution in [0.4, 0.5) is 0 Å². The van der Waals surface area contributed by atoms with Crippen molar-refractivity contribution < 1.29 is 9.59 Å². The van der Waals surface area contributed by atoms with Crippen LogP contribution in [0.15, 0.2) is 30.3 Å². The summed E-state index contributed by atoms with van der Waals surface area (Å²) in [5, 5.41) is 7.36. The standard InChI is InChI=1S/C17H19ClN4O2/c18-12-6-2-1-5-11(12)9-16(23)22-8-4-3-7-15(22)13-10-14(17(19)24)21-20-13/h1-2,5-6,10,15H,3-4,7-9H2,(H2,19,24)(H,20,21)/t15-/m0/s1. The quantitative estimate of drug-likeness (QED) is 0.890. The molecule has 0 saturated carbocycles. The number of primary amides is 1. The van der Waals surface area contributed by atoms with Crippen LogP contribution >= 0.6 is 11.6 Å². The summed E-state index contributed by atoms with van der Waals surface area (Å²) in [5.74, 6) is -0.565. The van der Waals surface area contributed by atoms with E-state index < -0.39 is 5.91 Å². The zero-order chi connectivity index (χ0) is 17.1. The van der Waals surface area contributed by atoms with Crippen molar-refractivity contribution in [3.63, 3.8) is 0 Å². The minimum Gasteiger partial charge on any atom is -0.364 e. The highest BCUT2D eigenvalue weighted by Crippen LogP contribution is 2.31. The second kappa shape index (κ2) is 7.05. The highest BCUT2D eigenvalue weighted by Gasteiger charge is 2.29. The number of H-pyrrole nitrogens is 1. The van der Waals surface area contributed by atoms with Crippen LogP contribution in [0.2, 0.25) is 5.02 Å². The van der Waals surface area contributed by atoms with Gasteiger partial charge in [0.2, 0.25) is 5.91 Å². The predicted octanol–water partition coefficient (Wildman–Crippen LogP) is 2.46. The molecule has 0 spiro atoms. The fourth-order valence-electron chi connectivity index (χ4n) is 3.09. The molecule has 126 valence electrons. The molecule has 3 rings (SSSR count). The minimum atomic E-state index is -0.581. The summed E-state index contributed by atoms with van der Waals surface area (Å²) >= 11 is 6.16. The largest absolute Gasteiger partial charge is 0.364 e. The van der Waals surface area contributed by atoms with E-state index in [1.807, 2.05) is 23.1 Å². The van der Waals surface area contributed by atoms with E-state index in [4.69, 9.17) is 17.3 Å². The lowest BCUT2D eigenvalue weighted by Crippen LogP contribution is -2.39. The number of amides is 2. The molecule has 0 bridgehead atoms. The van der Waals surface area contributed by atoms with Crippen LogP contribution in [0.5, 0.6) is 0 Å². The monoisotopic (exact) mass is 346 g/mol. The molecule has 1 saturated heterocycles. The van der Waals surface area contributed by atoms with E-state index in [-0.39, 0.29) is 24.1 Å². The summed E-state index contributed by atoms with van der Waals surface area (Å²) in [6, 6.07) is 8.88. The Morgan fingerprint density at radius 2 is 2.12 bits per heavy atom. The van der Waals surface area contributed by atoms with Crippen molar-refractivity contribution in [3.8, 4) is 0 Å². The summed E-state index contributed by atoms with van der Waals surface area (Å²) in [5.41, 5.74) is 7.00. The maximum atomic E-state index is 12.8. The minimum absolute atomic E-state index is 0.0167. The first-order valence-corrected chi connectivity index (χ1v) is 8.32. The number of hydrogen-bond donors (Lipinski definition) is 2. The molecule has 24 heavy (non-hydrogen) atoms. The predicted molar refractivity (Wildman–Crippen MR) is 90.6 cm³/mol. The van der Waals surface area contributed by atoms with E-state index >= 15 is 0 Å². The molecule has 1 aromatic carbocycles. The SMILES string of the molecule is NC(=O)c1cc([C@@H]2CCCCN2C(=O)Cc2ccccc2Cl)[nH]n1. The van der Waals surface area contributed by atoms with Gasteiger partial charge in [-0.25, -0.2) is 0 Å². The van der Waals surface area contributed by atoms with Crippen molar-refractivity contribution in [3.05, 3.63) is 52.3 Å². The molecule has 1 fully saturated rings. The van der Waals surface area contributed by atoms with E-state index in [9.17, 15) is 9.59 Å². The topological polar surface area (TPSA) is 92.1 Å². The third-order valence-corrected chi connectivity index (χ3v) is 4.70. The van der Waals surface area contributed by atoms with Gasteiger partial charge in [0.05, 0.1) is 18.2 Å². The summed E-state index contributed by atoms with van der Waals surface area (Å²) in [4.78, 5) is 25.9. The van der Waals surface area contributed by atoms with E-state index in [1.54, 1.807) is 12.1 Å². The van der Waals surface area contributed by atoms with Crippen LogP contribution in [0, 0.1) is 0 Å². The van der Waals surface area contributed by atoms with Gasteiger partial charge in [-0.2, -0.15) is 5.10 Å². The van der Waals surface area contributed by atoms with Crippen LogP contribution in [-0.2, 0) is 11.2 Å². The number of nitrogens with two attached hydrogens (primary N) is 1. The smallest absolute Gasteiger partial charge is 0.269 e. The molecule has 2 aromatic rings. The Bertz CT molecular complexity index is 759. The number of piperidine rings is 1. The van der Waals surface area contributed by atoms with Crippen LogP contribution in [0.25, 0.3) is 0 Å². The maximum absolute atomic E-state index is 12.8. The Labute approximate surface area is 145 Å². The molecule has 0 radical (unpaired) electrons. The lowest BCUT2D eigenvalue weighted by molar-refractivity contribution is -0.134. The highest BCUT2D eigenvalue weighted by molar-refractivity contribution is 6.31. The zero-order valence-corrected chi connectivity index (χ0v) is 13.9. The molecule has 1 aliphatic rings. The van der Waals surface area contributed by atoms with E-state index in [2.05, 4.69) is 10.2 Å². The average molecular weight is 347 g/mol. The molecule has 7 heteroatoms. The first kappa shape index (κ1) is 16.5. The third kappa shape index (κ3) is 3.43. The van der Waals surface area contributed by atoms with Gasteiger partial charge < -0.3 is 10.6 Å². The van der Waals surface area contributed by atoms with Gasteiger partial charge in [0.1, 0.15) is 5.69 Å². The fraction of sp³-hybridized carbons (Fsp3) is 0.353. The Kier molecular flexibility index (Phi) is 4.85. The van der Waals surface area contributed by atoms with Crippen LogP contribution in [-0.4, -0.2) is 33.5 Å². The van der Waals surface area contributed by atoms with Crippen LogP contribution in [0.3, 0.4) is 0 Å². The normalized spacial score (nSPS) is 17.7. The van der Waals surface area contributed by atoms with E-state index in [0.29, 0.717) is 11.6 Å². The van der Waals surface area contributed by atoms with Gasteiger partial charge in [0, 0.05) is 11.6 Å². The van der Waals surface area contributed by atoms with Gasteiger partial charge in [-0.05, 0) is 37.0 Å². The van der Waals surface area contributed by atoms with Gasteiger partial charge in [0.25, 0.3) is 5.91 Å². The lowest BCUT2D eigenvalue weighted by atomic mass is 9.98. The van der Waals surface area contributed by atoms with Gasteiger partial charge in [-0.1, -0.05) is 29.8 Å². The van der Waals surface area contributed by atoms with Gasteiger partial charge in [-0.3, -0.25) is 14.7 Å². The molecular formula is C17H19ClN4O2. The highest BCUT2D eigenvalue weighted by atomic mass is 35.5. The molecule has 1 atom stereocenters. The van der Waals surface area contributed by atoms with E-state index in [1.165, 1.54) is 0 Å². The molecule has 0 aliphatic carbocycles. The number of nitrogens with zero attached hydrogens (tertiary/aromatic N) is 2. The molecule has 0 unspecified atom stereocenters. The first-order chi connectivity index (χ1) is 11.6. The van der Waals surface area contributed by atoms with Crippen LogP contribution < -0.4 is 5.73 Å². The summed E-state index contributed by atoms with van der Waals surface area (Å²) in [6.07, 6.45) is 3.06. The number of aromatic nitrogens is 2. The summed E-state index contributed by atoms with van der Waals surface area (Å²) in [7, 11) is 0. The molecule has 1 aromatic heterocycles. The Morgan fingerprint density at radius 1 is 1.33 bits per heavy atom. The Hall–Kier alpha value is -2.34. The van der Waals surface area contributed by atoms with Crippen molar-refractivity contribution >= 4 is 23.4 Å². The van der Waals surface area contributed by atoms with Crippen molar-refractivity contribution in [1.82, 2.24) is 15.1 Å². The summed E-state index contributed by atoms with van der Waals surface area (Å²) < 4.78 is 0. The zero-order valence-electron chi connectivity index (χ0n) is 13.2. The number of carbonyl (C=O) groups is 2.